The molecule has 0 fully saturated rings. The Kier molecular flexibility index (Phi) is 24.8. The Hall–Kier alpha value is -17.0. The van der Waals surface area contributed by atoms with Gasteiger partial charge in [0.15, 0.2) is 51.1 Å². The van der Waals surface area contributed by atoms with Crippen molar-refractivity contribution in [2.45, 2.75) is 45.8 Å². The maximum absolute atomic E-state index is 13.7. The molecule has 127 heavy (non-hydrogen) atoms. The highest BCUT2D eigenvalue weighted by Gasteiger charge is 2.24. The number of aromatic hydroxyl groups is 1. The van der Waals surface area contributed by atoms with E-state index in [4.69, 9.17) is 45.2 Å². The van der Waals surface area contributed by atoms with Gasteiger partial charge in [-0.25, -0.2) is 111 Å². The second-order valence-electron chi connectivity index (χ2n) is 28.8. The summed E-state index contributed by atoms with van der Waals surface area (Å²) < 4.78 is 51.4. The monoisotopic (exact) mass is 1720 g/mol. The van der Waals surface area contributed by atoms with Crippen LogP contribution in [0.3, 0.4) is 0 Å². The van der Waals surface area contributed by atoms with Crippen LogP contribution in [0.15, 0.2) is 154 Å². The summed E-state index contributed by atoms with van der Waals surface area (Å²) in [6.07, 6.45) is 12.9. The van der Waals surface area contributed by atoms with Crippen molar-refractivity contribution in [1.29, 1.82) is 0 Å². The largest absolute Gasteiger partial charge is 0.505 e. The highest BCUT2D eigenvalue weighted by Crippen LogP contribution is 2.38. The Bertz CT molecular complexity index is 7430. The summed E-state index contributed by atoms with van der Waals surface area (Å²) in [6, 6.07) is 28.6. The number of aromatic amines is 1. The maximum atomic E-state index is 13.7. The molecule has 15 heterocycles. The van der Waals surface area contributed by atoms with E-state index in [1.165, 1.54) is 80.7 Å². The summed E-state index contributed by atoms with van der Waals surface area (Å²) in [6.45, 7) is 5.01. The van der Waals surface area contributed by atoms with Crippen molar-refractivity contribution in [2.75, 3.05) is 46.7 Å². The fourth-order valence-electron chi connectivity index (χ4n) is 13.7. The minimum absolute atomic E-state index is 0.0537. The number of nitrogens with two attached hydrogens (primary N) is 7. The first-order valence-corrected chi connectivity index (χ1v) is 38.4. The number of halogens is 3. The molecular weight excluding hydrogens is 1640 g/mol. The van der Waals surface area contributed by atoms with E-state index in [1.807, 2.05) is 62.6 Å². The first-order valence-electron chi connectivity index (χ1n) is 38.4. The molecule has 0 atom stereocenters. The molecule has 0 aliphatic carbocycles. The van der Waals surface area contributed by atoms with Gasteiger partial charge in [-0.2, -0.15) is 40.8 Å². The van der Waals surface area contributed by atoms with Crippen molar-refractivity contribution in [3.05, 3.63) is 194 Å². The van der Waals surface area contributed by atoms with Crippen LogP contribution in [0.1, 0.15) is 42.8 Å². The molecule has 19 N–H and O–H groups in total. The van der Waals surface area contributed by atoms with Gasteiger partial charge in [0.25, 0.3) is 0 Å². The van der Waals surface area contributed by atoms with E-state index in [0.29, 0.717) is 159 Å². The lowest BCUT2D eigenvalue weighted by atomic mass is 10.0. The first-order chi connectivity index (χ1) is 60.9. The van der Waals surface area contributed by atoms with Crippen LogP contribution in [-0.4, -0.2) is 181 Å². The van der Waals surface area contributed by atoms with E-state index >= 15 is 0 Å². The summed E-state index contributed by atoms with van der Waals surface area (Å²) in [5.74, 6) is 6.34. The van der Waals surface area contributed by atoms with Crippen molar-refractivity contribution >= 4 is 129 Å². The maximum Gasteiger partial charge on any atom is 0.164 e. The second-order valence-corrected chi connectivity index (χ2v) is 28.8. The summed E-state index contributed by atoms with van der Waals surface area (Å²) >= 11 is 0. The minimum Gasteiger partial charge on any atom is -0.505 e. The Morgan fingerprint density at radius 1 is 0.409 bits per heavy atom. The number of aliphatic hydroxyl groups is 3. The molecule has 20 aromatic rings. The van der Waals surface area contributed by atoms with E-state index in [0.717, 1.165) is 55.4 Å². The zero-order valence-corrected chi connectivity index (χ0v) is 69.7. The van der Waals surface area contributed by atoms with Crippen LogP contribution in [0.2, 0.25) is 0 Å². The van der Waals surface area contributed by atoms with Crippen LogP contribution in [0.4, 0.5) is 53.9 Å². The molecule has 41 nitrogen and oxygen atoms in total. The van der Waals surface area contributed by atoms with E-state index in [2.05, 4.69) is 128 Å². The van der Waals surface area contributed by atoms with E-state index < -0.39 is 17.2 Å². The number of H-pyrrole nitrogens is 1. The van der Waals surface area contributed by atoms with Crippen LogP contribution >= 0.6 is 0 Å². The summed E-state index contributed by atoms with van der Waals surface area (Å²) in [7, 11) is 12.5. The van der Waals surface area contributed by atoms with Crippen molar-refractivity contribution < 1.29 is 33.6 Å². The van der Waals surface area contributed by atoms with E-state index in [9.17, 15) is 28.5 Å². The van der Waals surface area contributed by atoms with Gasteiger partial charge in [-0.3, -0.25) is 9.78 Å². The Labute approximate surface area is 717 Å². The summed E-state index contributed by atoms with van der Waals surface area (Å²) in [5, 5.41) is 80.5. The van der Waals surface area contributed by atoms with Crippen LogP contribution in [0.5, 0.6) is 5.75 Å². The van der Waals surface area contributed by atoms with Crippen LogP contribution in [0.25, 0.3) is 144 Å². The number of nitrogens with one attached hydrogen (secondary N) is 1. The van der Waals surface area contributed by atoms with Gasteiger partial charge in [0.05, 0.1) is 61.7 Å². The van der Waals surface area contributed by atoms with Gasteiger partial charge in [-0.15, -0.1) is 0 Å². The number of nitrogens with zero attached hydrogens (tertiary/aromatic N) is 29. The standard InChI is InChI=1S/C13H12FN5.C13H11N7.C13H13N5O.C12H10FN5O.C12H10FN5.C11H13N5O.C9H13N5O/c1-7-3-4-8(5-9(7)14)11-10-12(15)16-6-17-13(10)19(2)18-11;1-20-13-10(12(14)15-6-16-13)11(19-20)7-3-2-4-9-8(7)5-17-18-9;1-18-13-10(12(14)15-7-16-13)11(17-18)9-5-3-2-4-8(9)6-19;1-18-12-9(11(14)15-5-16-12)10(17-18)6-2-3-7(13)8(19)4-6;1-18-12-9(11(14)15-6-16-12)10(17-18)7-3-2-4-8(13)5-7;1-11(2,17)5-4-7-8-9(12)13-6-14-10(8)16(3)15-7;1-14-9-7(8(10)11-5-12-9)6(13-14)3-2-4-15/h3-6H,1-2H3,(H2,15,16,17);2-6H,1H3,(H,17,18)(H2,14,15,16);2-5,7,19H,6H2,1H3,(H2,14,15,16);2-5,19H,1H3,(H2,14,15,16);2-6H,1H3,(H2,14,15,16);6,17H,1-3H3,(H2,12,13,14);5,15H,2-4H2,1H3,(H2,10,11,12). The SMILES string of the molecule is Cc1ccc(-c2nn(C)c3ncnc(N)c23)cc1F.Cn1nc(-c2ccc(F)c(O)c2)c2c(N)ncnc21.Cn1nc(-c2cccc(F)c2)c2c(N)ncnc21.Cn1nc(-c2cccc3[nH]ncc23)c2c(N)ncnc21.Cn1nc(-c2ccccc2CO)c2c(N)ncnc21.Cn1nc(C#CC(C)(C)O)c2c(N)ncnc21.Cn1nc(CCCO)c2c(N)ncnc21. The number of hydrogen-bond acceptors (Lipinski definition) is 33. The van der Waals surface area contributed by atoms with Crippen LogP contribution < -0.4 is 40.1 Å². The van der Waals surface area contributed by atoms with Gasteiger partial charge < -0.3 is 60.6 Å². The molecule has 15 aromatic heterocycles. The molecule has 44 heteroatoms. The zero-order chi connectivity index (χ0) is 90.4. The topological polar surface area (TPSA) is 597 Å². The number of benzene rings is 5. The van der Waals surface area contributed by atoms with Crippen molar-refractivity contribution in [1.82, 2.24) is 148 Å². The third kappa shape index (κ3) is 17.9. The van der Waals surface area contributed by atoms with E-state index in [-0.39, 0.29) is 30.7 Å². The Morgan fingerprint density at radius 2 is 0.803 bits per heavy atom. The predicted octanol–water partition coefficient (Wildman–Crippen LogP) is 7.80. The van der Waals surface area contributed by atoms with Crippen LogP contribution in [0, 0.1) is 36.2 Å². The van der Waals surface area contributed by atoms with Gasteiger partial charge in [-0.05, 0) is 93.1 Å². The Morgan fingerprint density at radius 3 is 1.27 bits per heavy atom. The first kappa shape index (κ1) is 86.4. The number of hydrogen-bond donors (Lipinski definition) is 12. The Balaban J connectivity index is 0.000000120. The number of aromatic nitrogens is 30. The third-order valence-electron chi connectivity index (χ3n) is 19.6. The minimum atomic E-state index is -1.08. The number of aliphatic hydroxyl groups excluding tert-OH is 2. The average molecular weight is 1720 g/mol. The third-order valence-corrected chi connectivity index (χ3v) is 19.6. The molecule has 644 valence electrons. The number of phenols is 1. The lowest BCUT2D eigenvalue weighted by Gasteiger charge is -2.05. The fourth-order valence-corrected chi connectivity index (χ4v) is 13.7. The lowest BCUT2D eigenvalue weighted by molar-refractivity contribution is 0.143. The second kappa shape index (κ2) is 36.4. The number of aryl methyl sites for hydroxylation is 9. The van der Waals surface area contributed by atoms with Crippen molar-refractivity contribution in [2.24, 2.45) is 49.3 Å². The summed E-state index contributed by atoms with van der Waals surface area (Å²) in [4.78, 5) is 56.8. The molecule has 0 amide bonds. The molecule has 0 unspecified atom stereocenters. The number of anilines is 7. The summed E-state index contributed by atoms with van der Waals surface area (Å²) in [5.41, 5.74) is 55.0. The molecule has 0 radical (unpaired) electrons. The smallest absolute Gasteiger partial charge is 0.164 e. The molecule has 0 spiro atoms. The molecular formula is C83H82F3N37O4. The fraction of sp³-hybridized carbons (Fsp3) is 0.181. The highest BCUT2D eigenvalue weighted by atomic mass is 19.1. The number of fused-ring (bicyclic) bond motifs is 8. The normalized spacial score (nSPS) is 11.1. The average Bonchev–Trinajstić information content (AvgIpc) is 1.60. The van der Waals surface area contributed by atoms with Gasteiger partial charge in [0.2, 0.25) is 0 Å². The number of rotatable bonds is 9. The van der Waals surface area contributed by atoms with Gasteiger partial charge in [0.1, 0.15) is 136 Å². The quantitative estimate of drug-likeness (QED) is 0.0613. The van der Waals surface area contributed by atoms with Gasteiger partial charge in [0, 0.05) is 89.1 Å². The van der Waals surface area contributed by atoms with Crippen molar-refractivity contribution in [3.63, 3.8) is 0 Å². The molecule has 5 aromatic carbocycles. The molecule has 0 aliphatic rings. The molecule has 0 aliphatic heterocycles. The van der Waals surface area contributed by atoms with E-state index in [1.54, 1.807) is 113 Å². The van der Waals surface area contributed by atoms with Gasteiger partial charge in [-0.1, -0.05) is 66.6 Å². The van der Waals surface area contributed by atoms with Gasteiger partial charge >= 0.3 is 0 Å². The zero-order valence-electron chi connectivity index (χ0n) is 69.7. The number of nitrogen functional groups attached to an aromatic ring is 7. The van der Waals surface area contributed by atoms with Crippen LogP contribution in [-0.2, 0) is 62.4 Å². The van der Waals surface area contributed by atoms with Crippen molar-refractivity contribution in [3.8, 4) is 73.9 Å². The lowest BCUT2D eigenvalue weighted by Crippen LogP contribution is -2.14. The molecule has 0 saturated heterocycles. The molecule has 0 bridgehead atoms. The highest BCUT2D eigenvalue weighted by molar-refractivity contribution is 6.06. The molecule has 0 saturated carbocycles. The molecule has 20 rings (SSSR count). The number of phenolic OH excluding ortho intramolecular Hbond substituents is 1. The predicted molar refractivity (Wildman–Crippen MR) is 473 cm³/mol.